The Labute approximate surface area is 126 Å². The molecule has 1 unspecified atom stereocenters. The molecule has 0 bridgehead atoms. The Morgan fingerprint density at radius 1 is 0.955 bits per heavy atom. The zero-order chi connectivity index (χ0) is 15.9. The standard InChI is InChI=1S/C16H16O6/c1-3-5-15-7-8-11(9(17)10(7)21-13(15)19)22-14(20)16(8,6-4-2)12(15)18/h3-4,7-11,17H,1-2,5-6H2/t7-,8+,9?,10-,11+,15+,16-. The monoisotopic (exact) mass is 304 g/mol. The zero-order valence-corrected chi connectivity index (χ0v) is 11.9. The molecule has 1 N–H and O–H groups in total. The fourth-order valence-corrected chi connectivity index (χ4v) is 5.18. The molecule has 6 nitrogen and oxygen atoms in total. The molecule has 2 aliphatic carbocycles. The number of carbonyl (C=O) groups is 3. The minimum absolute atomic E-state index is 0.105. The minimum atomic E-state index is -1.42. The van der Waals surface area contributed by atoms with E-state index in [9.17, 15) is 19.5 Å². The molecule has 2 aliphatic heterocycles. The van der Waals surface area contributed by atoms with E-state index in [1.165, 1.54) is 12.2 Å². The number of esters is 2. The highest BCUT2D eigenvalue weighted by Crippen LogP contribution is 2.70. The van der Waals surface area contributed by atoms with Gasteiger partial charge in [0.2, 0.25) is 0 Å². The number of ketones is 1. The fraction of sp³-hybridized carbons (Fsp3) is 0.562. The van der Waals surface area contributed by atoms with Crippen LogP contribution in [0.1, 0.15) is 12.8 Å². The molecule has 4 fully saturated rings. The first-order valence-electron chi connectivity index (χ1n) is 7.33. The van der Waals surface area contributed by atoms with Gasteiger partial charge in [-0.05, 0) is 12.8 Å². The van der Waals surface area contributed by atoms with Gasteiger partial charge in [0.1, 0.15) is 29.1 Å². The van der Waals surface area contributed by atoms with Crippen molar-refractivity contribution in [3.63, 3.8) is 0 Å². The number of aliphatic hydroxyl groups excluding tert-OH is 1. The molecule has 22 heavy (non-hydrogen) atoms. The molecule has 116 valence electrons. The van der Waals surface area contributed by atoms with Gasteiger partial charge in [0.05, 0.1) is 0 Å². The van der Waals surface area contributed by atoms with Gasteiger partial charge in [-0.2, -0.15) is 0 Å². The molecule has 6 heteroatoms. The van der Waals surface area contributed by atoms with Crippen molar-refractivity contribution in [2.45, 2.75) is 31.2 Å². The molecule has 2 heterocycles. The van der Waals surface area contributed by atoms with Crippen molar-refractivity contribution < 1.29 is 29.0 Å². The van der Waals surface area contributed by atoms with Crippen LogP contribution in [-0.2, 0) is 23.9 Å². The number of carbonyl (C=O) groups excluding carboxylic acids is 3. The Kier molecular flexibility index (Phi) is 2.41. The third-order valence-corrected chi connectivity index (χ3v) is 5.86. The van der Waals surface area contributed by atoms with Crippen LogP contribution in [0, 0.1) is 22.7 Å². The van der Waals surface area contributed by atoms with E-state index in [-0.39, 0.29) is 12.8 Å². The van der Waals surface area contributed by atoms with Crippen molar-refractivity contribution in [2.75, 3.05) is 0 Å². The lowest BCUT2D eigenvalue weighted by atomic mass is 9.71. The summed E-state index contributed by atoms with van der Waals surface area (Å²) in [4.78, 5) is 38.1. The molecule has 2 saturated carbocycles. The Balaban J connectivity index is 1.98. The summed E-state index contributed by atoms with van der Waals surface area (Å²) in [5, 5.41) is 10.4. The molecule has 0 amide bonds. The second-order valence-corrected chi connectivity index (χ2v) is 6.54. The van der Waals surface area contributed by atoms with Crippen molar-refractivity contribution in [2.24, 2.45) is 22.7 Å². The fourth-order valence-electron chi connectivity index (χ4n) is 5.18. The molecule has 4 aliphatic rings. The van der Waals surface area contributed by atoms with E-state index < -0.39 is 58.7 Å². The number of hydrogen-bond donors (Lipinski definition) is 1. The van der Waals surface area contributed by atoms with E-state index in [2.05, 4.69) is 13.2 Å². The van der Waals surface area contributed by atoms with Crippen LogP contribution in [0.15, 0.2) is 25.3 Å². The lowest BCUT2D eigenvalue weighted by molar-refractivity contribution is -0.166. The number of allylic oxidation sites excluding steroid dienone is 2. The van der Waals surface area contributed by atoms with Crippen LogP contribution in [0.25, 0.3) is 0 Å². The average molecular weight is 304 g/mol. The zero-order valence-electron chi connectivity index (χ0n) is 11.9. The normalized spacial score (nSPS) is 50.8. The van der Waals surface area contributed by atoms with E-state index in [1.807, 2.05) is 0 Å². The van der Waals surface area contributed by atoms with E-state index in [4.69, 9.17) is 9.47 Å². The lowest BCUT2D eigenvalue weighted by Crippen LogP contribution is -2.44. The first-order chi connectivity index (χ1) is 10.5. The summed E-state index contributed by atoms with van der Waals surface area (Å²) in [6.45, 7) is 7.26. The maximum Gasteiger partial charge on any atom is 0.320 e. The molecule has 0 aromatic rings. The van der Waals surface area contributed by atoms with Gasteiger partial charge in [-0.3, -0.25) is 14.4 Å². The summed E-state index contributed by atoms with van der Waals surface area (Å²) >= 11 is 0. The second kappa shape index (κ2) is 3.87. The van der Waals surface area contributed by atoms with Gasteiger partial charge in [0.15, 0.2) is 5.78 Å². The van der Waals surface area contributed by atoms with E-state index in [0.29, 0.717) is 0 Å². The second-order valence-electron chi connectivity index (χ2n) is 6.54. The van der Waals surface area contributed by atoms with E-state index >= 15 is 0 Å². The van der Waals surface area contributed by atoms with Gasteiger partial charge in [-0.1, -0.05) is 12.2 Å². The Morgan fingerprint density at radius 2 is 1.36 bits per heavy atom. The highest BCUT2D eigenvalue weighted by atomic mass is 16.6. The summed E-state index contributed by atoms with van der Waals surface area (Å²) in [5.41, 5.74) is -2.84. The van der Waals surface area contributed by atoms with Gasteiger partial charge in [-0.15, -0.1) is 13.2 Å². The molecule has 4 rings (SSSR count). The number of rotatable bonds is 4. The predicted molar refractivity (Wildman–Crippen MR) is 72.2 cm³/mol. The maximum absolute atomic E-state index is 13.2. The summed E-state index contributed by atoms with van der Waals surface area (Å²) in [7, 11) is 0. The lowest BCUT2D eigenvalue weighted by Gasteiger charge is -2.25. The molecule has 7 atom stereocenters. The summed E-state index contributed by atoms with van der Waals surface area (Å²) in [5.74, 6) is -2.86. The topological polar surface area (TPSA) is 89.9 Å². The van der Waals surface area contributed by atoms with Gasteiger partial charge in [-0.25, -0.2) is 0 Å². The molecule has 2 saturated heterocycles. The van der Waals surface area contributed by atoms with Gasteiger partial charge in [0, 0.05) is 11.8 Å². The van der Waals surface area contributed by atoms with Gasteiger partial charge < -0.3 is 14.6 Å². The van der Waals surface area contributed by atoms with Gasteiger partial charge >= 0.3 is 11.9 Å². The van der Waals surface area contributed by atoms with Crippen LogP contribution in [0.5, 0.6) is 0 Å². The SMILES string of the molecule is C=CC[C@@]12C(=O)O[C@H]3C(O)[C@H]4OC(=O)[C@@](CC=C)(C1=O)[C@H]4[C@H]32. The summed E-state index contributed by atoms with van der Waals surface area (Å²) in [6, 6.07) is 0. The van der Waals surface area contributed by atoms with Crippen molar-refractivity contribution in [3.05, 3.63) is 25.3 Å². The van der Waals surface area contributed by atoms with Crippen molar-refractivity contribution in [1.82, 2.24) is 0 Å². The van der Waals surface area contributed by atoms with Gasteiger partial charge in [0.25, 0.3) is 0 Å². The number of Topliss-reactive ketones (excluding diaryl/α,β-unsaturated/α-hetero) is 1. The highest BCUT2D eigenvalue weighted by molar-refractivity contribution is 6.19. The van der Waals surface area contributed by atoms with Crippen LogP contribution in [-0.4, -0.2) is 41.1 Å². The van der Waals surface area contributed by atoms with E-state index in [0.717, 1.165) is 0 Å². The number of hydrogen-bond acceptors (Lipinski definition) is 6. The Morgan fingerprint density at radius 3 is 1.73 bits per heavy atom. The first-order valence-corrected chi connectivity index (χ1v) is 7.33. The van der Waals surface area contributed by atoms with Crippen LogP contribution < -0.4 is 0 Å². The molecular weight excluding hydrogens is 288 g/mol. The molecular formula is C16H16O6. The summed E-state index contributed by atoms with van der Waals surface area (Å²) < 4.78 is 10.6. The smallest absolute Gasteiger partial charge is 0.320 e. The van der Waals surface area contributed by atoms with Crippen LogP contribution in [0.4, 0.5) is 0 Å². The average Bonchev–Trinajstić information content (AvgIpc) is 3.08. The molecule has 0 radical (unpaired) electrons. The van der Waals surface area contributed by atoms with Crippen LogP contribution >= 0.6 is 0 Å². The van der Waals surface area contributed by atoms with Crippen molar-refractivity contribution in [3.8, 4) is 0 Å². The van der Waals surface area contributed by atoms with Crippen molar-refractivity contribution in [1.29, 1.82) is 0 Å². The molecule has 0 aromatic heterocycles. The third kappa shape index (κ3) is 1.07. The summed E-state index contributed by atoms with van der Waals surface area (Å²) in [6.07, 6.45) is 0.513. The highest BCUT2D eigenvalue weighted by Gasteiger charge is 2.86. The third-order valence-electron chi connectivity index (χ3n) is 5.86. The van der Waals surface area contributed by atoms with Crippen molar-refractivity contribution >= 4 is 17.7 Å². The van der Waals surface area contributed by atoms with Crippen LogP contribution in [0.3, 0.4) is 0 Å². The minimum Gasteiger partial charge on any atom is -0.458 e. The van der Waals surface area contributed by atoms with Crippen LogP contribution in [0.2, 0.25) is 0 Å². The first kappa shape index (κ1) is 13.7. The Hall–Kier alpha value is -1.95. The predicted octanol–water partition coefficient (Wildman–Crippen LogP) is 0.152. The largest absolute Gasteiger partial charge is 0.458 e. The number of aliphatic hydroxyl groups is 1. The molecule has 0 spiro atoms. The number of ether oxygens (including phenoxy) is 2. The van der Waals surface area contributed by atoms with E-state index in [1.54, 1.807) is 0 Å². The Bertz CT molecular complexity index is 587. The maximum atomic E-state index is 13.2. The molecule has 0 aromatic carbocycles. The quantitative estimate of drug-likeness (QED) is 0.452.